The van der Waals surface area contributed by atoms with Gasteiger partial charge in [0.15, 0.2) is 0 Å². The molecule has 0 N–H and O–H groups in total. The Morgan fingerprint density at radius 2 is 1.86 bits per heavy atom. The maximum absolute atomic E-state index is 11.3. The summed E-state index contributed by atoms with van der Waals surface area (Å²) in [5.41, 5.74) is 0. The van der Waals surface area contributed by atoms with Gasteiger partial charge < -0.3 is 0 Å². The lowest BCUT2D eigenvalue weighted by Crippen LogP contribution is -2.18. The van der Waals surface area contributed by atoms with Gasteiger partial charge in [-0.2, -0.15) is 0 Å². The zero-order valence-electron chi connectivity index (χ0n) is 9.04. The second kappa shape index (κ2) is 7.35. The number of rotatable bonds is 5. The Labute approximate surface area is 84.5 Å². The Balaban J connectivity index is 3.85. The van der Waals surface area contributed by atoms with Gasteiger partial charge in [-0.25, -0.2) is 19.4 Å². The number of unbranched alkanes of at least 4 members (excludes halogenated alkanes) is 1. The average Bonchev–Trinajstić information content (AvgIpc) is 2.16. The first-order valence-corrected chi connectivity index (χ1v) is 5.00. The molecule has 1 atom stereocenters. The molecule has 14 heavy (non-hydrogen) atoms. The van der Waals surface area contributed by atoms with Crippen molar-refractivity contribution in [1.29, 1.82) is 0 Å². The molecule has 0 saturated carbocycles. The highest BCUT2D eigenvalue weighted by molar-refractivity contribution is 5.73. The summed E-state index contributed by atoms with van der Waals surface area (Å²) in [6.07, 6.45) is 3.51. The molecule has 82 valence electrons. The van der Waals surface area contributed by atoms with Crippen molar-refractivity contribution in [3.63, 3.8) is 0 Å². The third kappa shape index (κ3) is 5.56. The number of hydrogen-bond donors (Lipinski definition) is 0. The van der Waals surface area contributed by atoms with Crippen molar-refractivity contribution < 1.29 is 19.4 Å². The summed E-state index contributed by atoms with van der Waals surface area (Å²) in [6, 6.07) is 0. The first-order valence-electron chi connectivity index (χ1n) is 5.00. The van der Waals surface area contributed by atoms with Gasteiger partial charge in [0.05, 0.1) is 5.92 Å². The van der Waals surface area contributed by atoms with Crippen molar-refractivity contribution in [3.05, 3.63) is 0 Å². The van der Waals surface area contributed by atoms with Crippen LogP contribution in [0.2, 0.25) is 0 Å². The minimum Gasteiger partial charge on any atom is -0.248 e. The molecule has 0 rings (SSSR count). The summed E-state index contributed by atoms with van der Waals surface area (Å²) in [4.78, 5) is 30.2. The normalized spacial score (nSPS) is 11.9. The van der Waals surface area contributed by atoms with Crippen molar-refractivity contribution in [3.8, 4) is 0 Å². The highest BCUT2D eigenvalue weighted by Gasteiger charge is 2.19. The summed E-state index contributed by atoms with van der Waals surface area (Å²) in [5, 5.41) is 0. The van der Waals surface area contributed by atoms with E-state index in [0.29, 0.717) is 6.42 Å². The number of hydrogen-bond acceptors (Lipinski definition) is 4. The van der Waals surface area contributed by atoms with E-state index in [1.54, 1.807) is 0 Å². The first kappa shape index (κ1) is 12.9. The van der Waals surface area contributed by atoms with Crippen LogP contribution in [-0.4, -0.2) is 11.9 Å². The summed E-state index contributed by atoms with van der Waals surface area (Å²) in [5.74, 6) is -1.21. The van der Waals surface area contributed by atoms with Gasteiger partial charge in [0.1, 0.15) is 0 Å². The summed E-state index contributed by atoms with van der Waals surface area (Å²) in [7, 11) is 0. The zero-order chi connectivity index (χ0) is 11.0. The maximum atomic E-state index is 11.3. The summed E-state index contributed by atoms with van der Waals surface area (Å²) < 4.78 is 0. The highest BCUT2D eigenvalue weighted by Crippen LogP contribution is 2.14. The van der Waals surface area contributed by atoms with Crippen LogP contribution in [0.1, 0.15) is 46.5 Å². The number of carbonyl (C=O) groups excluding carboxylic acids is 2. The van der Waals surface area contributed by atoms with E-state index in [1.165, 1.54) is 6.92 Å². The van der Waals surface area contributed by atoms with E-state index < -0.39 is 11.9 Å². The minimum atomic E-state index is -0.608. The molecule has 0 spiro atoms. The van der Waals surface area contributed by atoms with Crippen molar-refractivity contribution in [2.45, 2.75) is 46.5 Å². The molecule has 0 aliphatic carbocycles. The zero-order valence-corrected chi connectivity index (χ0v) is 9.04. The van der Waals surface area contributed by atoms with Crippen molar-refractivity contribution in [1.82, 2.24) is 0 Å². The molecule has 0 aromatic heterocycles. The second-order valence-electron chi connectivity index (χ2n) is 3.22. The molecule has 0 amide bonds. The Bertz CT molecular complexity index is 189. The molecule has 0 aromatic rings. The lowest BCUT2D eigenvalue weighted by molar-refractivity contribution is -0.260. The molecule has 0 heterocycles. The van der Waals surface area contributed by atoms with Crippen molar-refractivity contribution in [2.75, 3.05) is 0 Å². The molecular formula is C10H18O4. The molecule has 0 aliphatic rings. The summed E-state index contributed by atoms with van der Waals surface area (Å²) >= 11 is 0. The van der Waals surface area contributed by atoms with Crippen LogP contribution in [-0.2, 0) is 19.4 Å². The molecule has 4 heteroatoms. The Morgan fingerprint density at radius 1 is 1.21 bits per heavy atom. The maximum Gasteiger partial charge on any atom is 0.358 e. The molecule has 0 aliphatic heterocycles. The van der Waals surface area contributed by atoms with E-state index in [-0.39, 0.29) is 5.92 Å². The van der Waals surface area contributed by atoms with E-state index in [1.807, 2.05) is 6.92 Å². The molecule has 0 aromatic carbocycles. The molecule has 0 saturated heterocycles. The van der Waals surface area contributed by atoms with Gasteiger partial charge in [-0.1, -0.05) is 26.7 Å². The fourth-order valence-corrected chi connectivity index (χ4v) is 1.11. The predicted octanol–water partition coefficient (Wildman–Crippen LogP) is 2.22. The quantitative estimate of drug-likeness (QED) is 0.506. The van der Waals surface area contributed by atoms with Gasteiger partial charge in [-0.3, -0.25) is 0 Å². The van der Waals surface area contributed by atoms with E-state index in [0.717, 1.165) is 19.3 Å². The van der Waals surface area contributed by atoms with Gasteiger partial charge in [-0.15, -0.1) is 0 Å². The van der Waals surface area contributed by atoms with Crippen LogP contribution in [0, 0.1) is 5.92 Å². The van der Waals surface area contributed by atoms with E-state index in [2.05, 4.69) is 16.7 Å². The van der Waals surface area contributed by atoms with Crippen LogP contribution in [0.5, 0.6) is 0 Å². The topological polar surface area (TPSA) is 52.6 Å². The van der Waals surface area contributed by atoms with Crippen molar-refractivity contribution >= 4 is 11.9 Å². The van der Waals surface area contributed by atoms with Crippen LogP contribution in [0.4, 0.5) is 0 Å². The van der Waals surface area contributed by atoms with E-state index in [4.69, 9.17) is 0 Å². The molecule has 1 unspecified atom stereocenters. The molecule has 0 bridgehead atoms. The van der Waals surface area contributed by atoms with Crippen LogP contribution in [0.15, 0.2) is 0 Å². The third-order valence-corrected chi connectivity index (χ3v) is 1.97. The Kier molecular flexibility index (Phi) is 6.80. The van der Waals surface area contributed by atoms with Gasteiger partial charge in [0, 0.05) is 6.92 Å². The van der Waals surface area contributed by atoms with E-state index in [9.17, 15) is 9.59 Å². The molecular weight excluding hydrogens is 184 g/mol. The van der Waals surface area contributed by atoms with Crippen LogP contribution >= 0.6 is 0 Å². The summed E-state index contributed by atoms with van der Waals surface area (Å²) in [6.45, 7) is 5.17. The van der Waals surface area contributed by atoms with Crippen LogP contribution < -0.4 is 0 Å². The van der Waals surface area contributed by atoms with Gasteiger partial charge >= 0.3 is 11.9 Å². The molecule has 0 fully saturated rings. The standard InChI is InChI=1S/C10H18O4/c1-4-6-7-9(5-2)10(12)14-13-8(3)11/h9H,4-7H2,1-3H3. The largest absolute Gasteiger partial charge is 0.358 e. The SMILES string of the molecule is CCCCC(CC)C(=O)OOC(C)=O. The van der Waals surface area contributed by atoms with Crippen molar-refractivity contribution in [2.24, 2.45) is 5.92 Å². The van der Waals surface area contributed by atoms with Crippen LogP contribution in [0.3, 0.4) is 0 Å². The van der Waals surface area contributed by atoms with Gasteiger partial charge in [0.2, 0.25) is 0 Å². The predicted molar refractivity (Wildman–Crippen MR) is 51.2 cm³/mol. The molecule has 0 radical (unpaired) electrons. The van der Waals surface area contributed by atoms with E-state index >= 15 is 0 Å². The fourth-order valence-electron chi connectivity index (χ4n) is 1.11. The molecule has 4 nitrogen and oxygen atoms in total. The Morgan fingerprint density at radius 3 is 2.29 bits per heavy atom. The van der Waals surface area contributed by atoms with Crippen LogP contribution in [0.25, 0.3) is 0 Å². The Hall–Kier alpha value is -1.06. The first-order chi connectivity index (χ1) is 6.61. The lowest BCUT2D eigenvalue weighted by Gasteiger charge is -2.10. The van der Waals surface area contributed by atoms with Gasteiger partial charge in [0.25, 0.3) is 0 Å². The highest BCUT2D eigenvalue weighted by atomic mass is 17.2. The second-order valence-corrected chi connectivity index (χ2v) is 3.22. The minimum absolute atomic E-state index is 0.158. The third-order valence-electron chi connectivity index (χ3n) is 1.97. The smallest absolute Gasteiger partial charge is 0.248 e. The average molecular weight is 202 g/mol. The van der Waals surface area contributed by atoms with Gasteiger partial charge in [-0.05, 0) is 12.8 Å². The lowest BCUT2D eigenvalue weighted by atomic mass is 10.00. The number of carbonyl (C=O) groups is 2. The monoisotopic (exact) mass is 202 g/mol. The fraction of sp³-hybridized carbons (Fsp3) is 0.800.